The monoisotopic (exact) mass is 345 g/mol. The predicted molar refractivity (Wildman–Crippen MR) is 87.7 cm³/mol. The van der Waals surface area contributed by atoms with E-state index in [9.17, 15) is 0 Å². The summed E-state index contributed by atoms with van der Waals surface area (Å²) in [7, 11) is 2.05. The Labute approximate surface area is 131 Å². The number of fused-ring (bicyclic) bond motifs is 1. The number of nitrogens with zero attached hydrogens (tertiary/aromatic N) is 2. The van der Waals surface area contributed by atoms with Gasteiger partial charge in [-0.05, 0) is 42.9 Å². The average Bonchev–Trinajstić information content (AvgIpc) is 2.82. The Balaban J connectivity index is 1.70. The molecule has 0 radical (unpaired) electrons. The highest BCUT2D eigenvalue weighted by Gasteiger charge is 2.09. The Morgan fingerprint density at radius 1 is 1.14 bits per heavy atom. The van der Waals surface area contributed by atoms with E-state index in [1.165, 1.54) is 5.56 Å². The summed E-state index contributed by atoms with van der Waals surface area (Å²) in [5.74, 6) is 0.704. The molecule has 0 aliphatic carbocycles. The number of nitrogen functional groups attached to an aromatic ring is 1. The van der Waals surface area contributed by atoms with Crippen LogP contribution in [0.4, 0.5) is 5.69 Å². The summed E-state index contributed by atoms with van der Waals surface area (Å²) >= 11 is 3.44. The maximum absolute atomic E-state index is 5.75. The molecule has 0 fully saturated rings. The first-order chi connectivity index (χ1) is 10.1. The van der Waals surface area contributed by atoms with Crippen molar-refractivity contribution in [3.63, 3.8) is 0 Å². The molecule has 0 amide bonds. The van der Waals surface area contributed by atoms with E-state index in [0.29, 0.717) is 18.1 Å². The van der Waals surface area contributed by atoms with Crippen LogP contribution in [0.1, 0.15) is 11.5 Å². The van der Waals surface area contributed by atoms with E-state index in [4.69, 9.17) is 10.2 Å². The third-order valence-electron chi connectivity index (χ3n) is 3.23. The zero-order valence-electron chi connectivity index (χ0n) is 11.7. The highest BCUT2D eigenvalue weighted by atomic mass is 79.9. The molecule has 5 heteroatoms. The lowest BCUT2D eigenvalue weighted by molar-refractivity contribution is 0.285. The van der Waals surface area contributed by atoms with E-state index in [0.717, 1.165) is 22.1 Å². The number of halogens is 1. The first-order valence-corrected chi connectivity index (χ1v) is 7.47. The van der Waals surface area contributed by atoms with Crippen LogP contribution in [0, 0.1) is 0 Å². The van der Waals surface area contributed by atoms with Crippen molar-refractivity contribution in [2.45, 2.75) is 13.1 Å². The quantitative estimate of drug-likeness (QED) is 0.730. The summed E-state index contributed by atoms with van der Waals surface area (Å²) in [5.41, 5.74) is 9.29. The standard InChI is InChI=1S/C16H16BrN3O/c1-20(9-11-2-4-12(17)5-3-11)10-16-19-14-8-13(18)6-7-15(14)21-16/h2-8H,9-10,18H2,1H3. The van der Waals surface area contributed by atoms with Crippen LogP contribution in [0.15, 0.2) is 51.4 Å². The molecule has 3 rings (SSSR count). The lowest BCUT2D eigenvalue weighted by Gasteiger charge is -2.14. The molecular formula is C16H16BrN3O. The molecule has 0 aliphatic heterocycles. The van der Waals surface area contributed by atoms with Gasteiger partial charge in [-0.2, -0.15) is 0 Å². The van der Waals surface area contributed by atoms with E-state index >= 15 is 0 Å². The molecule has 0 aliphatic rings. The molecule has 2 N–H and O–H groups in total. The van der Waals surface area contributed by atoms with Gasteiger partial charge >= 0.3 is 0 Å². The summed E-state index contributed by atoms with van der Waals surface area (Å²) in [6.07, 6.45) is 0. The van der Waals surface area contributed by atoms with Crippen molar-refractivity contribution in [3.05, 3.63) is 58.4 Å². The van der Waals surface area contributed by atoms with Gasteiger partial charge in [0.15, 0.2) is 5.58 Å². The first kappa shape index (κ1) is 14.1. The summed E-state index contributed by atoms with van der Waals surface area (Å²) in [6, 6.07) is 13.8. The van der Waals surface area contributed by atoms with Crippen molar-refractivity contribution >= 4 is 32.7 Å². The fraction of sp³-hybridized carbons (Fsp3) is 0.188. The van der Waals surface area contributed by atoms with Gasteiger partial charge in [0.25, 0.3) is 0 Å². The molecule has 0 bridgehead atoms. The Morgan fingerprint density at radius 3 is 2.67 bits per heavy atom. The van der Waals surface area contributed by atoms with Gasteiger partial charge < -0.3 is 10.2 Å². The molecule has 1 heterocycles. The van der Waals surface area contributed by atoms with Gasteiger partial charge in [-0.15, -0.1) is 0 Å². The number of oxazole rings is 1. The van der Waals surface area contributed by atoms with Gasteiger partial charge in [0.2, 0.25) is 5.89 Å². The molecule has 2 aromatic carbocycles. The van der Waals surface area contributed by atoms with E-state index in [1.807, 2.05) is 37.4 Å². The van der Waals surface area contributed by atoms with Crippen LogP contribution in [0.3, 0.4) is 0 Å². The predicted octanol–water partition coefficient (Wildman–Crippen LogP) is 3.80. The number of anilines is 1. The molecule has 21 heavy (non-hydrogen) atoms. The Morgan fingerprint density at radius 2 is 1.90 bits per heavy atom. The topological polar surface area (TPSA) is 55.3 Å². The molecular weight excluding hydrogens is 330 g/mol. The van der Waals surface area contributed by atoms with E-state index in [1.54, 1.807) is 0 Å². The molecule has 0 spiro atoms. The van der Waals surface area contributed by atoms with Crippen molar-refractivity contribution in [2.24, 2.45) is 0 Å². The number of hydrogen-bond acceptors (Lipinski definition) is 4. The molecule has 0 atom stereocenters. The van der Waals surface area contributed by atoms with Gasteiger partial charge in [0.1, 0.15) is 5.52 Å². The van der Waals surface area contributed by atoms with Gasteiger partial charge in [-0.3, -0.25) is 4.90 Å². The zero-order chi connectivity index (χ0) is 14.8. The number of aromatic nitrogens is 1. The summed E-state index contributed by atoms with van der Waals surface area (Å²) in [5, 5.41) is 0. The number of hydrogen-bond donors (Lipinski definition) is 1. The highest BCUT2D eigenvalue weighted by Crippen LogP contribution is 2.19. The minimum Gasteiger partial charge on any atom is -0.439 e. The molecule has 108 valence electrons. The average molecular weight is 346 g/mol. The molecule has 0 saturated carbocycles. The Hall–Kier alpha value is -1.85. The maximum atomic E-state index is 5.75. The second-order valence-electron chi connectivity index (χ2n) is 5.13. The van der Waals surface area contributed by atoms with Crippen LogP contribution in [0.2, 0.25) is 0 Å². The molecule has 4 nitrogen and oxygen atoms in total. The Bertz CT molecular complexity index is 752. The third-order valence-corrected chi connectivity index (χ3v) is 3.76. The zero-order valence-corrected chi connectivity index (χ0v) is 13.3. The minimum atomic E-state index is 0.657. The van der Waals surface area contributed by atoms with Crippen LogP contribution in [0.5, 0.6) is 0 Å². The summed E-state index contributed by atoms with van der Waals surface area (Å²) in [4.78, 5) is 6.64. The number of benzene rings is 2. The first-order valence-electron chi connectivity index (χ1n) is 6.68. The van der Waals surface area contributed by atoms with Gasteiger partial charge in [-0.1, -0.05) is 28.1 Å². The lowest BCUT2D eigenvalue weighted by atomic mass is 10.2. The van der Waals surface area contributed by atoms with E-state index < -0.39 is 0 Å². The van der Waals surface area contributed by atoms with Crippen LogP contribution < -0.4 is 5.73 Å². The Kier molecular flexibility index (Phi) is 3.94. The molecule has 0 saturated heterocycles. The molecule has 3 aromatic rings. The fourth-order valence-corrected chi connectivity index (χ4v) is 2.51. The second kappa shape index (κ2) is 5.87. The summed E-state index contributed by atoms with van der Waals surface area (Å²) in [6.45, 7) is 1.50. The molecule has 1 aromatic heterocycles. The van der Waals surface area contributed by atoms with Crippen LogP contribution in [-0.4, -0.2) is 16.9 Å². The highest BCUT2D eigenvalue weighted by molar-refractivity contribution is 9.10. The van der Waals surface area contributed by atoms with E-state index in [-0.39, 0.29) is 0 Å². The second-order valence-corrected chi connectivity index (χ2v) is 6.05. The summed E-state index contributed by atoms with van der Waals surface area (Å²) < 4.78 is 6.82. The van der Waals surface area contributed by atoms with Crippen LogP contribution in [0.25, 0.3) is 11.1 Å². The smallest absolute Gasteiger partial charge is 0.209 e. The van der Waals surface area contributed by atoms with Crippen LogP contribution >= 0.6 is 15.9 Å². The van der Waals surface area contributed by atoms with Gasteiger partial charge in [0, 0.05) is 16.7 Å². The van der Waals surface area contributed by atoms with Crippen molar-refractivity contribution in [1.82, 2.24) is 9.88 Å². The third kappa shape index (κ3) is 3.43. The number of rotatable bonds is 4. The SMILES string of the molecule is CN(Cc1ccc(Br)cc1)Cc1nc2cc(N)ccc2o1. The van der Waals surface area contributed by atoms with Crippen molar-refractivity contribution < 1.29 is 4.42 Å². The van der Waals surface area contributed by atoms with Crippen LogP contribution in [-0.2, 0) is 13.1 Å². The van der Waals surface area contributed by atoms with Crippen molar-refractivity contribution in [3.8, 4) is 0 Å². The molecule has 0 unspecified atom stereocenters. The lowest BCUT2D eigenvalue weighted by Crippen LogP contribution is -2.17. The fourth-order valence-electron chi connectivity index (χ4n) is 2.25. The van der Waals surface area contributed by atoms with Crippen molar-refractivity contribution in [2.75, 3.05) is 12.8 Å². The van der Waals surface area contributed by atoms with Crippen molar-refractivity contribution in [1.29, 1.82) is 0 Å². The number of nitrogens with two attached hydrogens (primary N) is 1. The van der Waals surface area contributed by atoms with Gasteiger partial charge in [-0.25, -0.2) is 4.98 Å². The minimum absolute atomic E-state index is 0.657. The maximum Gasteiger partial charge on any atom is 0.209 e. The normalized spacial score (nSPS) is 11.4. The largest absolute Gasteiger partial charge is 0.439 e. The van der Waals surface area contributed by atoms with Gasteiger partial charge in [0.05, 0.1) is 6.54 Å². The van der Waals surface area contributed by atoms with E-state index in [2.05, 4.69) is 37.9 Å².